The Bertz CT molecular complexity index is 1010. The lowest BCUT2D eigenvalue weighted by Crippen LogP contribution is -2.37. The van der Waals surface area contributed by atoms with Crippen LogP contribution >= 0.6 is 0 Å². The van der Waals surface area contributed by atoms with E-state index in [0.29, 0.717) is 18.7 Å². The fourth-order valence-corrected chi connectivity index (χ4v) is 4.01. The predicted octanol–water partition coefficient (Wildman–Crippen LogP) is 3.39. The van der Waals surface area contributed by atoms with Gasteiger partial charge in [-0.25, -0.2) is 13.8 Å². The van der Waals surface area contributed by atoms with E-state index in [9.17, 15) is 18.7 Å². The number of rotatable bonds is 4. The molecule has 1 N–H and O–H groups in total. The Hall–Kier alpha value is -2.96. The van der Waals surface area contributed by atoms with Gasteiger partial charge in [0.2, 0.25) is 0 Å². The summed E-state index contributed by atoms with van der Waals surface area (Å²) >= 11 is 0. The van der Waals surface area contributed by atoms with Crippen molar-refractivity contribution in [2.75, 3.05) is 11.9 Å². The number of hydrogen-bond donors (Lipinski definition) is 1. The maximum Gasteiger partial charge on any atom is 0.323 e. The minimum Gasteiger partial charge on any atom is -0.480 e. The summed E-state index contributed by atoms with van der Waals surface area (Å²) in [6.45, 7) is -0.141. The smallest absolute Gasteiger partial charge is 0.323 e. The van der Waals surface area contributed by atoms with Crippen LogP contribution < -0.4 is 4.90 Å². The maximum absolute atomic E-state index is 13.9. The number of anilines is 1. The molecule has 140 valence electrons. The first-order chi connectivity index (χ1) is 12.9. The molecule has 0 amide bonds. The van der Waals surface area contributed by atoms with Crippen LogP contribution in [0.25, 0.3) is 10.9 Å². The zero-order chi connectivity index (χ0) is 19.1. The van der Waals surface area contributed by atoms with Crippen LogP contribution in [0.2, 0.25) is 0 Å². The zero-order valence-corrected chi connectivity index (χ0v) is 14.8. The van der Waals surface area contributed by atoms with Crippen LogP contribution in [0.15, 0.2) is 36.5 Å². The number of aliphatic carboxylic acids is 1. The second kappa shape index (κ2) is 6.64. The molecule has 5 nitrogen and oxygen atoms in total. The molecule has 0 spiro atoms. The maximum atomic E-state index is 13.9. The molecule has 0 fully saturated rings. The van der Waals surface area contributed by atoms with E-state index in [2.05, 4.69) is 4.98 Å². The van der Waals surface area contributed by atoms with E-state index in [1.807, 2.05) is 11.9 Å². The molecule has 2 heterocycles. The van der Waals surface area contributed by atoms with E-state index in [4.69, 9.17) is 0 Å². The molecule has 7 heteroatoms. The van der Waals surface area contributed by atoms with Crippen molar-refractivity contribution in [2.24, 2.45) is 0 Å². The second-order valence-electron chi connectivity index (χ2n) is 6.91. The fourth-order valence-electron chi connectivity index (χ4n) is 4.01. The molecule has 1 aromatic carbocycles. The molecular formula is C20H19F2N3O2. The van der Waals surface area contributed by atoms with Crippen molar-refractivity contribution in [3.8, 4) is 0 Å². The Morgan fingerprint density at radius 3 is 2.78 bits per heavy atom. The molecule has 0 aliphatic heterocycles. The summed E-state index contributed by atoms with van der Waals surface area (Å²) in [6, 6.07) is 7.61. The number of fused-ring (bicyclic) bond motifs is 3. The third-order valence-corrected chi connectivity index (χ3v) is 5.32. The van der Waals surface area contributed by atoms with Crippen LogP contribution in [0.5, 0.6) is 0 Å². The van der Waals surface area contributed by atoms with E-state index < -0.39 is 5.97 Å². The standard InChI is InChI=1S/C20H19F2N3O2/c1-24(19-7-3-13(22)10-23-19)14-4-6-18-16(9-14)15-8-12(21)2-5-17(15)25(18)11-20(26)27/h2-3,5,7-8,10,14H,4,6,9,11H2,1H3,(H,26,27). The molecule has 27 heavy (non-hydrogen) atoms. The van der Waals surface area contributed by atoms with Crippen molar-refractivity contribution in [1.29, 1.82) is 0 Å². The van der Waals surface area contributed by atoms with Crippen molar-refractivity contribution < 1.29 is 18.7 Å². The van der Waals surface area contributed by atoms with E-state index in [1.54, 1.807) is 16.7 Å². The Morgan fingerprint density at radius 2 is 2.07 bits per heavy atom. The summed E-state index contributed by atoms with van der Waals surface area (Å²) in [5.74, 6) is -0.974. The minimum atomic E-state index is -0.922. The summed E-state index contributed by atoms with van der Waals surface area (Å²) in [4.78, 5) is 17.4. The van der Waals surface area contributed by atoms with Crippen LogP contribution in [0.3, 0.4) is 0 Å². The Morgan fingerprint density at radius 1 is 1.30 bits per heavy atom. The number of aromatic nitrogens is 2. The summed E-state index contributed by atoms with van der Waals surface area (Å²) in [5.41, 5.74) is 2.68. The summed E-state index contributed by atoms with van der Waals surface area (Å²) in [6.07, 6.45) is 3.34. The van der Waals surface area contributed by atoms with Crippen molar-refractivity contribution in [1.82, 2.24) is 9.55 Å². The lowest BCUT2D eigenvalue weighted by atomic mass is 9.90. The third-order valence-electron chi connectivity index (χ3n) is 5.32. The van der Waals surface area contributed by atoms with Gasteiger partial charge in [0, 0.05) is 29.7 Å². The van der Waals surface area contributed by atoms with E-state index in [1.165, 1.54) is 24.4 Å². The summed E-state index contributed by atoms with van der Waals surface area (Å²) < 4.78 is 28.8. The summed E-state index contributed by atoms with van der Waals surface area (Å²) in [5, 5.41) is 10.0. The number of halogens is 2. The SMILES string of the molecule is CN(c1ccc(F)cn1)C1CCc2c(c3cc(F)ccc3n2CC(=O)O)C1. The van der Waals surface area contributed by atoms with Gasteiger partial charge in [0.1, 0.15) is 24.0 Å². The molecule has 0 bridgehead atoms. The first kappa shape index (κ1) is 17.5. The van der Waals surface area contributed by atoms with Gasteiger partial charge in [-0.3, -0.25) is 4.79 Å². The number of likely N-dealkylation sites (N-methyl/N-ethyl adjacent to an activating group) is 1. The molecular weight excluding hydrogens is 352 g/mol. The number of carboxylic acid groups (broad SMARTS) is 1. The van der Waals surface area contributed by atoms with Gasteiger partial charge in [-0.15, -0.1) is 0 Å². The van der Waals surface area contributed by atoms with E-state index in [-0.39, 0.29) is 24.2 Å². The van der Waals surface area contributed by atoms with Crippen molar-refractivity contribution in [2.45, 2.75) is 31.8 Å². The van der Waals surface area contributed by atoms with Crippen molar-refractivity contribution in [3.63, 3.8) is 0 Å². The molecule has 4 rings (SSSR count). The Labute approximate surface area is 154 Å². The van der Waals surface area contributed by atoms with Crippen LogP contribution in [0.1, 0.15) is 17.7 Å². The minimum absolute atomic E-state index is 0.114. The van der Waals surface area contributed by atoms with Crippen LogP contribution in [0.4, 0.5) is 14.6 Å². The van der Waals surface area contributed by atoms with E-state index >= 15 is 0 Å². The Kier molecular flexibility index (Phi) is 4.30. The quantitative estimate of drug-likeness (QED) is 0.764. The lowest BCUT2D eigenvalue weighted by Gasteiger charge is -2.32. The molecule has 0 saturated heterocycles. The third kappa shape index (κ3) is 3.13. The summed E-state index contributed by atoms with van der Waals surface area (Å²) in [7, 11) is 1.91. The highest BCUT2D eigenvalue weighted by Gasteiger charge is 2.29. The Balaban J connectivity index is 1.73. The van der Waals surface area contributed by atoms with Gasteiger partial charge in [0.05, 0.1) is 6.20 Å². The highest BCUT2D eigenvalue weighted by molar-refractivity contribution is 5.87. The zero-order valence-electron chi connectivity index (χ0n) is 14.8. The van der Waals surface area contributed by atoms with Gasteiger partial charge in [-0.1, -0.05) is 0 Å². The fraction of sp³-hybridized carbons (Fsp3) is 0.300. The first-order valence-corrected chi connectivity index (χ1v) is 8.79. The molecule has 0 radical (unpaired) electrons. The highest BCUT2D eigenvalue weighted by atomic mass is 19.1. The van der Waals surface area contributed by atoms with Crippen molar-refractivity contribution in [3.05, 3.63) is 59.4 Å². The van der Waals surface area contributed by atoms with Crippen LogP contribution in [0, 0.1) is 11.6 Å². The first-order valence-electron chi connectivity index (χ1n) is 8.79. The predicted molar refractivity (Wildman–Crippen MR) is 97.9 cm³/mol. The molecule has 3 aromatic rings. The molecule has 1 atom stereocenters. The molecule has 0 saturated carbocycles. The topological polar surface area (TPSA) is 58.4 Å². The van der Waals surface area contributed by atoms with Gasteiger partial charge in [-0.2, -0.15) is 0 Å². The number of nitrogens with zero attached hydrogens (tertiary/aromatic N) is 3. The van der Waals surface area contributed by atoms with E-state index in [0.717, 1.165) is 28.6 Å². The van der Waals surface area contributed by atoms with Gasteiger partial charge >= 0.3 is 5.97 Å². The second-order valence-corrected chi connectivity index (χ2v) is 6.91. The largest absolute Gasteiger partial charge is 0.480 e. The normalized spacial score (nSPS) is 16.3. The van der Waals surface area contributed by atoms with Gasteiger partial charge in [0.15, 0.2) is 0 Å². The van der Waals surface area contributed by atoms with Crippen molar-refractivity contribution >= 4 is 22.7 Å². The van der Waals surface area contributed by atoms with Crippen LogP contribution in [-0.2, 0) is 24.2 Å². The molecule has 2 aromatic heterocycles. The number of pyridine rings is 1. The van der Waals surface area contributed by atoms with Gasteiger partial charge < -0.3 is 14.6 Å². The molecule has 1 aliphatic rings. The monoisotopic (exact) mass is 371 g/mol. The highest BCUT2D eigenvalue weighted by Crippen LogP contribution is 2.34. The number of carbonyl (C=O) groups is 1. The average Bonchev–Trinajstić information content (AvgIpc) is 2.94. The number of hydrogen-bond acceptors (Lipinski definition) is 3. The number of benzene rings is 1. The van der Waals surface area contributed by atoms with Gasteiger partial charge in [0.25, 0.3) is 0 Å². The molecule has 1 unspecified atom stereocenters. The van der Waals surface area contributed by atoms with Crippen LogP contribution in [-0.4, -0.2) is 33.7 Å². The number of carboxylic acids is 1. The average molecular weight is 371 g/mol. The molecule has 1 aliphatic carbocycles. The lowest BCUT2D eigenvalue weighted by molar-refractivity contribution is -0.137. The van der Waals surface area contributed by atoms with Gasteiger partial charge in [-0.05, 0) is 55.2 Å².